The van der Waals surface area contributed by atoms with Crippen LogP contribution in [0.1, 0.15) is 44.1 Å². The minimum Gasteiger partial charge on any atom is -0.484 e. The highest BCUT2D eigenvalue weighted by Crippen LogP contribution is 2.34. The minimum absolute atomic E-state index is 0.0365. The zero-order chi connectivity index (χ0) is 21.6. The number of nitrogens with two attached hydrogens (primary N) is 1. The van der Waals surface area contributed by atoms with Gasteiger partial charge in [0.05, 0.1) is 0 Å². The topological polar surface area (TPSA) is 84.7 Å². The molecule has 2 aliphatic carbocycles. The SMILES string of the molecule is NC1CCCCC1N(Cc1cccc(NC(=O)COc2ccccc2)c1)C(=O)C1CC1. The molecule has 2 unspecified atom stereocenters. The number of rotatable bonds is 8. The number of benzene rings is 2. The summed E-state index contributed by atoms with van der Waals surface area (Å²) in [6.07, 6.45) is 6.15. The molecule has 2 fully saturated rings. The van der Waals surface area contributed by atoms with Crippen LogP contribution in [-0.2, 0) is 16.1 Å². The Morgan fingerprint density at radius 3 is 2.52 bits per heavy atom. The van der Waals surface area contributed by atoms with Crippen LogP contribution >= 0.6 is 0 Å². The van der Waals surface area contributed by atoms with Gasteiger partial charge in [-0.1, -0.05) is 43.2 Å². The van der Waals surface area contributed by atoms with E-state index in [1.807, 2.05) is 59.5 Å². The van der Waals surface area contributed by atoms with Crippen LogP contribution in [0.4, 0.5) is 5.69 Å². The molecule has 0 aliphatic heterocycles. The molecule has 4 rings (SSSR count). The molecule has 2 aliphatic rings. The van der Waals surface area contributed by atoms with Crippen LogP contribution in [0, 0.1) is 5.92 Å². The number of carbonyl (C=O) groups is 2. The third-order valence-corrected chi connectivity index (χ3v) is 6.07. The van der Waals surface area contributed by atoms with Crippen molar-refractivity contribution in [3.8, 4) is 5.75 Å². The summed E-state index contributed by atoms with van der Waals surface area (Å²) in [7, 11) is 0. The Balaban J connectivity index is 1.39. The first-order chi connectivity index (χ1) is 15.1. The van der Waals surface area contributed by atoms with E-state index in [-0.39, 0.29) is 36.4 Å². The standard InChI is InChI=1S/C25H31N3O3/c26-22-11-4-5-12-23(22)28(25(30)19-13-14-19)16-18-7-6-8-20(15-18)27-24(29)17-31-21-9-2-1-3-10-21/h1-3,6-10,15,19,22-23H,4-5,11-14,16-17,26H2,(H,27,29). The van der Waals surface area contributed by atoms with Crippen LogP contribution in [0.3, 0.4) is 0 Å². The van der Waals surface area contributed by atoms with E-state index in [0.29, 0.717) is 18.0 Å². The van der Waals surface area contributed by atoms with Crippen molar-refractivity contribution in [3.63, 3.8) is 0 Å². The maximum Gasteiger partial charge on any atom is 0.262 e. The highest BCUT2D eigenvalue weighted by molar-refractivity contribution is 5.92. The summed E-state index contributed by atoms with van der Waals surface area (Å²) in [4.78, 5) is 27.3. The van der Waals surface area contributed by atoms with Crippen LogP contribution in [0.5, 0.6) is 5.75 Å². The lowest BCUT2D eigenvalue weighted by molar-refractivity contribution is -0.136. The van der Waals surface area contributed by atoms with Crippen molar-refractivity contribution in [2.24, 2.45) is 11.7 Å². The molecule has 2 aromatic carbocycles. The summed E-state index contributed by atoms with van der Waals surface area (Å²) < 4.78 is 5.51. The first-order valence-corrected chi connectivity index (χ1v) is 11.2. The second-order valence-corrected chi connectivity index (χ2v) is 8.61. The van der Waals surface area contributed by atoms with Gasteiger partial charge in [0.2, 0.25) is 5.91 Å². The summed E-state index contributed by atoms with van der Waals surface area (Å²) in [5.74, 6) is 0.825. The molecule has 0 aromatic heterocycles. The fourth-order valence-corrected chi connectivity index (χ4v) is 4.26. The third kappa shape index (κ3) is 5.85. The fourth-order valence-electron chi connectivity index (χ4n) is 4.26. The van der Waals surface area contributed by atoms with Gasteiger partial charge in [0.1, 0.15) is 5.75 Å². The number of ether oxygens (including phenoxy) is 1. The summed E-state index contributed by atoms with van der Waals surface area (Å²) in [6, 6.07) is 17.1. The lowest BCUT2D eigenvalue weighted by Gasteiger charge is -2.38. The van der Waals surface area contributed by atoms with Crippen LogP contribution in [0.25, 0.3) is 0 Å². The van der Waals surface area contributed by atoms with Crippen molar-refractivity contribution in [2.75, 3.05) is 11.9 Å². The predicted molar refractivity (Wildman–Crippen MR) is 121 cm³/mol. The number of anilines is 1. The van der Waals surface area contributed by atoms with E-state index in [1.54, 1.807) is 0 Å². The molecule has 3 N–H and O–H groups in total. The normalized spacial score (nSPS) is 20.7. The Bertz CT molecular complexity index is 898. The molecule has 6 nitrogen and oxygen atoms in total. The lowest BCUT2D eigenvalue weighted by atomic mass is 9.89. The van der Waals surface area contributed by atoms with Crippen molar-refractivity contribution >= 4 is 17.5 Å². The van der Waals surface area contributed by atoms with Crippen molar-refractivity contribution in [3.05, 3.63) is 60.2 Å². The predicted octanol–water partition coefficient (Wildman–Crippen LogP) is 3.71. The molecular weight excluding hydrogens is 390 g/mol. The van der Waals surface area contributed by atoms with Crippen LogP contribution in [0.2, 0.25) is 0 Å². The number of nitrogens with one attached hydrogen (secondary N) is 1. The van der Waals surface area contributed by atoms with E-state index >= 15 is 0 Å². The molecule has 2 aromatic rings. The van der Waals surface area contributed by atoms with Crippen LogP contribution < -0.4 is 15.8 Å². The highest BCUT2D eigenvalue weighted by atomic mass is 16.5. The van der Waals surface area contributed by atoms with Gasteiger partial charge in [0.15, 0.2) is 6.61 Å². The zero-order valence-electron chi connectivity index (χ0n) is 17.8. The molecule has 31 heavy (non-hydrogen) atoms. The van der Waals surface area contributed by atoms with Gasteiger partial charge in [-0.3, -0.25) is 9.59 Å². The number of para-hydroxylation sites is 1. The first kappa shape index (κ1) is 21.4. The fraction of sp³-hybridized carbons (Fsp3) is 0.440. The number of amides is 2. The average molecular weight is 422 g/mol. The van der Waals surface area contributed by atoms with E-state index in [2.05, 4.69) is 5.32 Å². The monoisotopic (exact) mass is 421 g/mol. The number of carbonyl (C=O) groups excluding carboxylic acids is 2. The maximum absolute atomic E-state index is 13.0. The Kier molecular flexibility index (Phi) is 6.87. The Morgan fingerprint density at radius 2 is 1.77 bits per heavy atom. The summed E-state index contributed by atoms with van der Waals surface area (Å²) in [5.41, 5.74) is 8.10. The van der Waals surface area contributed by atoms with E-state index in [9.17, 15) is 9.59 Å². The largest absolute Gasteiger partial charge is 0.484 e. The Labute approximate surface area is 183 Å². The zero-order valence-corrected chi connectivity index (χ0v) is 17.8. The second kappa shape index (κ2) is 9.96. The summed E-state index contributed by atoms with van der Waals surface area (Å²) in [5, 5.41) is 2.89. The first-order valence-electron chi connectivity index (χ1n) is 11.2. The molecule has 0 radical (unpaired) electrons. The molecule has 164 valence electrons. The highest BCUT2D eigenvalue weighted by Gasteiger charge is 2.38. The maximum atomic E-state index is 13.0. The van der Waals surface area contributed by atoms with Crippen molar-refractivity contribution in [2.45, 2.75) is 57.2 Å². The molecule has 6 heteroatoms. The van der Waals surface area contributed by atoms with Gasteiger partial charge < -0.3 is 20.7 Å². The molecular formula is C25H31N3O3. The smallest absolute Gasteiger partial charge is 0.262 e. The molecule has 0 heterocycles. The summed E-state index contributed by atoms with van der Waals surface area (Å²) >= 11 is 0. The van der Waals surface area contributed by atoms with Gasteiger partial charge in [-0.15, -0.1) is 0 Å². The third-order valence-electron chi connectivity index (χ3n) is 6.07. The molecule has 0 bridgehead atoms. The lowest BCUT2D eigenvalue weighted by Crippen LogP contribution is -2.52. The van der Waals surface area contributed by atoms with Gasteiger partial charge in [-0.05, 0) is 55.5 Å². The Hall–Kier alpha value is -2.86. The molecule has 2 atom stereocenters. The molecule has 0 saturated heterocycles. The van der Waals surface area contributed by atoms with E-state index in [4.69, 9.17) is 10.5 Å². The second-order valence-electron chi connectivity index (χ2n) is 8.61. The van der Waals surface area contributed by atoms with Crippen LogP contribution in [0.15, 0.2) is 54.6 Å². The molecule has 0 spiro atoms. The minimum atomic E-state index is -0.221. The average Bonchev–Trinajstić information content (AvgIpc) is 3.63. The van der Waals surface area contributed by atoms with Crippen molar-refractivity contribution in [1.29, 1.82) is 0 Å². The Morgan fingerprint density at radius 1 is 1.00 bits per heavy atom. The van der Waals surface area contributed by atoms with Gasteiger partial charge in [0, 0.05) is 30.2 Å². The van der Waals surface area contributed by atoms with E-state index in [1.165, 1.54) is 0 Å². The van der Waals surface area contributed by atoms with E-state index in [0.717, 1.165) is 44.1 Å². The summed E-state index contributed by atoms with van der Waals surface area (Å²) in [6.45, 7) is 0.468. The van der Waals surface area contributed by atoms with E-state index < -0.39 is 0 Å². The van der Waals surface area contributed by atoms with Crippen LogP contribution in [-0.4, -0.2) is 35.4 Å². The number of nitrogens with zero attached hydrogens (tertiary/aromatic N) is 1. The van der Waals surface area contributed by atoms with Crippen molar-refractivity contribution in [1.82, 2.24) is 4.90 Å². The van der Waals surface area contributed by atoms with Gasteiger partial charge >= 0.3 is 0 Å². The van der Waals surface area contributed by atoms with Crippen molar-refractivity contribution < 1.29 is 14.3 Å². The molecule has 2 amide bonds. The number of hydrogen-bond acceptors (Lipinski definition) is 4. The number of hydrogen-bond donors (Lipinski definition) is 2. The van der Waals surface area contributed by atoms with Gasteiger partial charge in [0.25, 0.3) is 5.91 Å². The molecule has 2 saturated carbocycles. The quantitative estimate of drug-likeness (QED) is 0.680. The van der Waals surface area contributed by atoms with Gasteiger partial charge in [-0.25, -0.2) is 0 Å². The van der Waals surface area contributed by atoms with Gasteiger partial charge in [-0.2, -0.15) is 0 Å².